The van der Waals surface area contributed by atoms with E-state index in [4.69, 9.17) is 14.2 Å². The van der Waals surface area contributed by atoms with E-state index in [2.05, 4.69) is 15.6 Å². The average molecular weight is 467 g/mol. The largest absolute Gasteiger partial charge is 0.464 e. The van der Waals surface area contributed by atoms with Crippen LogP contribution in [0.15, 0.2) is 42.6 Å². The molecule has 9 nitrogen and oxygen atoms in total. The smallest absolute Gasteiger partial charge is 0.356 e. The number of anilines is 2. The van der Waals surface area contributed by atoms with Gasteiger partial charge < -0.3 is 29.4 Å². The molecule has 3 aromatic rings. The predicted molar refractivity (Wildman–Crippen MR) is 129 cm³/mol. The lowest BCUT2D eigenvalue weighted by Gasteiger charge is -2.14. The van der Waals surface area contributed by atoms with E-state index in [0.717, 1.165) is 17.7 Å². The van der Waals surface area contributed by atoms with Gasteiger partial charge in [-0.2, -0.15) is 0 Å². The van der Waals surface area contributed by atoms with Crippen LogP contribution in [0.5, 0.6) is 0 Å². The number of ether oxygens (including phenoxy) is 3. The third kappa shape index (κ3) is 5.05. The molecule has 1 amide bonds. The first kappa shape index (κ1) is 23.7. The number of hydrogen-bond donors (Lipinski definition) is 2. The van der Waals surface area contributed by atoms with Crippen molar-refractivity contribution in [3.8, 4) is 0 Å². The number of nitrogens with zero attached hydrogens (tertiary/aromatic N) is 2. The number of carbonyl (C=O) groups excluding carboxylic acids is 2. The summed E-state index contributed by atoms with van der Waals surface area (Å²) in [5.41, 5.74) is 2.91. The van der Waals surface area contributed by atoms with Crippen LogP contribution < -0.4 is 10.6 Å². The Bertz CT molecular complexity index is 1160. The standard InChI is InChI=1S/C25H30N4O5/c1-16(15-32-2)27-18-12-19-21(28-24(30)20-10-7-11-34-20)22(25(31)33-3)29(23(19)26-13-18)14-17-8-5-4-6-9-17/h4-6,8-9,12-13,16,20,27H,7,10-11,14-15H2,1-3H3,(H,28,30)/t16-,20-/m0/s1. The van der Waals surface area contributed by atoms with E-state index in [-0.39, 0.29) is 17.6 Å². The number of amides is 1. The first-order valence-electron chi connectivity index (χ1n) is 11.3. The Labute approximate surface area is 198 Å². The van der Waals surface area contributed by atoms with Gasteiger partial charge >= 0.3 is 5.97 Å². The third-order valence-corrected chi connectivity index (χ3v) is 5.76. The Morgan fingerprint density at radius 2 is 2.06 bits per heavy atom. The summed E-state index contributed by atoms with van der Waals surface area (Å²) in [7, 11) is 2.97. The van der Waals surface area contributed by atoms with Crippen molar-refractivity contribution < 1.29 is 23.8 Å². The van der Waals surface area contributed by atoms with Gasteiger partial charge in [-0.25, -0.2) is 9.78 Å². The highest BCUT2D eigenvalue weighted by Gasteiger charge is 2.30. The summed E-state index contributed by atoms with van der Waals surface area (Å²) in [4.78, 5) is 30.6. The van der Waals surface area contributed by atoms with Crippen LogP contribution in [0.1, 0.15) is 35.8 Å². The van der Waals surface area contributed by atoms with Crippen LogP contribution >= 0.6 is 0 Å². The molecule has 1 aromatic carbocycles. The van der Waals surface area contributed by atoms with Gasteiger partial charge in [-0.15, -0.1) is 0 Å². The monoisotopic (exact) mass is 466 g/mol. The van der Waals surface area contributed by atoms with Gasteiger partial charge in [-0.1, -0.05) is 30.3 Å². The molecule has 0 radical (unpaired) electrons. The summed E-state index contributed by atoms with van der Waals surface area (Å²) in [6, 6.07) is 11.7. The van der Waals surface area contributed by atoms with Crippen molar-refractivity contribution in [3.63, 3.8) is 0 Å². The molecule has 0 bridgehead atoms. The van der Waals surface area contributed by atoms with Crippen molar-refractivity contribution in [1.29, 1.82) is 0 Å². The summed E-state index contributed by atoms with van der Waals surface area (Å²) in [5.74, 6) is -0.841. The Morgan fingerprint density at radius 3 is 2.74 bits per heavy atom. The average Bonchev–Trinajstić information content (AvgIpc) is 3.47. The fraction of sp³-hybridized carbons (Fsp3) is 0.400. The number of pyridine rings is 1. The SMILES string of the molecule is COC[C@H](C)Nc1cnc2c(c1)c(NC(=O)[C@@H]1CCCO1)c(C(=O)OC)n2Cc1ccccc1. The number of hydrogen-bond acceptors (Lipinski definition) is 7. The molecule has 34 heavy (non-hydrogen) atoms. The second-order valence-corrected chi connectivity index (χ2v) is 8.37. The molecule has 1 aliphatic heterocycles. The first-order chi connectivity index (χ1) is 16.5. The fourth-order valence-electron chi connectivity index (χ4n) is 4.22. The normalized spacial score (nSPS) is 16.4. The lowest BCUT2D eigenvalue weighted by atomic mass is 10.2. The third-order valence-electron chi connectivity index (χ3n) is 5.76. The van der Waals surface area contributed by atoms with Crippen LogP contribution in [0.3, 0.4) is 0 Å². The summed E-state index contributed by atoms with van der Waals surface area (Å²) < 4.78 is 17.7. The molecule has 0 saturated carbocycles. The van der Waals surface area contributed by atoms with Gasteiger partial charge in [0.15, 0.2) is 5.69 Å². The van der Waals surface area contributed by atoms with E-state index in [9.17, 15) is 9.59 Å². The lowest BCUT2D eigenvalue weighted by Crippen LogP contribution is -2.28. The van der Waals surface area contributed by atoms with Crippen molar-refractivity contribution in [3.05, 3.63) is 53.9 Å². The zero-order valence-electron chi connectivity index (χ0n) is 19.7. The second kappa shape index (κ2) is 10.7. The molecular formula is C25H30N4O5. The Kier molecular flexibility index (Phi) is 7.44. The maximum absolute atomic E-state index is 13.0. The Morgan fingerprint density at radius 1 is 1.26 bits per heavy atom. The maximum atomic E-state index is 13.0. The van der Waals surface area contributed by atoms with Gasteiger partial charge in [0.2, 0.25) is 0 Å². The van der Waals surface area contributed by atoms with Gasteiger partial charge in [0.05, 0.1) is 31.3 Å². The van der Waals surface area contributed by atoms with Crippen molar-refractivity contribution in [2.24, 2.45) is 0 Å². The molecular weight excluding hydrogens is 436 g/mol. The lowest BCUT2D eigenvalue weighted by molar-refractivity contribution is -0.124. The van der Waals surface area contributed by atoms with Crippen molar-refractivity contribution in [2.75, 3.05) is 38.1 Å². The second-order valence-electron chi connectivity index (χ2n) is 8.37. The number of fused-ring (bicyclic) bond motifs is 1. The maximum Gasteiger partial charge on any atom is 0.356 e. The fourth-order valence-corrected chi connectivity index (χ4v) is 4.22. The van der Waals surface area contributed by atoms with Crippen LogP contribution in [0.4, 0.5) is 11.4 Å². The molecule has 0 aliphatic carbocycles. The minimum atomic E-state index is -0.557. The van der Waals surface area contributed by atoms with Crippen LogP contribution in [-0.4, -0.2) is 61.0 Å². The van der Waals surface area contributed by atoms with E-state index in [0.29, 0.717) is 42.9 Å². The summed E-state index contributed by atoms with van der Waals surface area (Å²) >= 11 is 0. The number of esters is 1. The molecule has 1 aliphatic rings. The molecule has 0 unspecified atom stereocenters. The number of aromatic nitrogens is 2. The van der Waals surface area contributed by atoms with Crippen molar-refractivity contribution in [2.45, 2.75) is 38.5 Å². The molecule has 0 spiro atoms. The predicted octanol–water partition coefficient (Wildman–Crippen LogP) is 3.44. The number of carbonyl (C=O) groups is 2. The van der Waals surface area contributed by atoms with Gasteiger partial charge in [0, 0.05) is 31.7 Å². The zero-order valence-corrected chi connectivity index (χ0v) is 19.7. The molecule has 2 atom stereocenters. The molecule has 1 saturated heterocycles. The Hall–Kier alpha value is -3.43. The highest BCUT2D eigenvalue weighted by atomic mass is 16.5. The minimum absolute atomic E-state index is 0.0423. The van der Waals surface area contributed by atoms with Gasteiger partial charge in [-0.05, 0) is 31.4 Å². The molecule has 2 N–H and O–H groups in total. The topological polar surface area (TPSA) is 104 Å². The summed E-state index contributed by atoms with van der Waals surface area (Å²) in [5, 5.41) is 6.92. The zero-order chi connectivity index (χ0) is 24.1. The number of methoxy groups -OCH3 is 2. The minimum Gasteiger partial charge on any atom is -0.464 e. The summed E-state index contributed by atoms with van der Waals surface area (Å²) in [6.45, 7) is 3.44. The quantitative estimate of drug-likeness (QED) is 0.466. The van der Waals surface area contributed by atoms with Gasteiger partial charge in [0.1, 0.15) is 11.8 Å². The van der Waals surface area contributed by atoms with Crippen LogP contribution in [0.25, 0.3) is 11.0 Å². The number of benzene rings is 1. The van der Waals surface area contributed by atoms with Crippen LogP contribution in [0.2, 0.25) is 0 Å². The number of nitrogens with one attached hydrogen (secondary N) is 2. The van der Waals surface area contributed by atoms with Gasteiger partial charge in [-0.3, -0.25) is 4.79 Å². The van der Waals surface area contributed by atoms with Crippen LogP contribution in [-0.2, 0) is 25.5 Å². The molecule has 3 heterocycles. The molecule has 1 fully saturated rings. The van der Waals surface area contributed by atoms with E-state index >= 15 is 0 Å². The molecule has 9 heteroatoms. The summed E-state index contributed by atoms with van der Waals surface area (Å²) in [6.07, 6.45) is 2.63. The highest BCUT2D eigenvalue weighted by Crippen LogP contribution is 2.34. The van der Waals surface area contributed by atoms with Crippen molar-refractivity contribution in [1.82, 2.24) is 9.55 Å². The van der Waals surface area contributed by atoms with Gasteiger partial charge in [0.25, 0.3) is 5.91 Å². The Balaban J connectivity index is 1.83. The van der Waals surface area contributed by atoms with E-state index in [1.807, 2.05) is 43.3 Å². The van der Waals surface area contributed by atoms with E-state index in [1.165, 1.54) is 7.11 Å². The first-order valence-corrected chi connectivity index (χ1v) is 11.3. The van der Waals surface area contributed by atoms with Crippen LogP contribution in [0, 0.1) is 0 Å². The van der Waals surface area contributed by atoms with E-state index in [1.54, 1.807) is 17.9 Å². The number of rotatable bonds is 9. The molecule has 180 valence electrons. The van der Waals surface area contributed by atoms with E-state index < -0.39 is 12.1 Å². The highest BCUT2D eigenvalue weighted by molar-refractivity contribution is 6.12. The van der Waals surface area contributed by atoms with Crippen molar-refractivity contribution >= 4 is 34.3 Å². The molecule has 4 rings (SSSR count). The molecule has 2 aromatic heterocycles.